The molecule has 0 radical (unpaired) electrons. The lowest BCUT2D eigenvalue weighted by Crippen LogP contribution is -2.23. The van der Waals surface area contributed by atoms with E-state index >= 15 is 0 Å². The van der Waals surface area contributed by atoms with Gasteiger partial charge < -0.3 is 15.0 Å². The zero-order valence-electron chi connectivity index (χ0n) is 15.0. The molecule has 3 aromatic rings. The van der Waals surface area contributed by atoms with Crippen molar-refractivity contribution in [1.29, 1.82) is 0 Å². The van der Waals surface area contributed by atoms with Gasteiger partial charge in [-0.3, -0.25) is 9.59 Å². The van der Waals surface area contributed by atoms with Gasteiger partial charge in [0.2, 0.25) is 5.91 Å². The summed E-state index contributed by atoms with van der Waals surface area (Å²) in [5, 5.41) is 2.49. The summed E-state index contributed by atoms with van der Waals surface area (Å²) in [6, 6.07) is 16.0. The quantitative estimate of drug-likeness (QED) is 0.468. The molecule has 0 fully saturated rings. The Morgan fingerprint density at radius 2 is 1.93 bits per heavy atom. The van der Waals surface area contributed by atoms with Crippen molar-refractivity contribution in [3.8, 4) is 5.75 Å². The molecule has 0 saturated heterocycles. The molecule has 1 unspecified atom stereocenters. The summed E-state index contributed by atoms with van der Waals surface area (Å²) in [5.41, 5.74) is 0.627. The molecule has 1 atom stereocenters. The summed E-state index contributed by atoms with van der Waals surface area (Å²) in [6.45, 7) is 1.83. The Labute approximate surface area is 165 Å². The number of thioether (sulfide) groups is 1. The molecule has 0 aliphatic rings. The SMILES string of the molecule is CC(Sc1nc(COc2ccccc2)cc(=O)[nH]1)C(=O)Nc1ccc(F)cc1. The average molecular weight is 399 g/mol. The maximum Gasteiger partial charge on any atom is 0.251 e. The number of nitrogens with zero attached hydrogens (tertiary/aromatic N) is 1. The number of nitrogens with one attached hydrogen (secondary N) is 2. The molecule has 1 amide bonds. The third-order valence-corrected chi connectivity index (χ3v) is 4.66. The molecule has 3 rings (SSSR count). The molecule has 0 spiro atoms. The minimum absolute atomic E-state index is 0.137. The minimum Gasteiger partial charge on any atom is -0.487 e. The first-order chi connectivity index (χ1) is 13.5. The van der Waals surface area contributed by atoms with Crippen LogP contribution < -0.4 is 15.6 Å². The average Bonchev–Trinajstić information content (AvgIpc) is 2.68. The van der Waals surface area contributed by atoms with Crippen LogP contribution in [0, 0.1) is 5.82 Å². The van der Waals surface area contributed by atoms with Crippen molar-refractivity contribution in [2.75, 3.05) is 5.32 Å². The Morgan fingerprint density at radius 3 is 2.64 bits per heavy atom. The molecule has 2 N–H and O–H groups in total. The second kappa shape index (κ2) is 9.18. The van der Waals surface area contributed by atoms with E-state index in [1.165, 1.54) is 30.3 Å². The van der Waals surface area contributed by atoms with Gasteiger partial charge >= 0.3 is 0 Å². The van der Waals surface area contributed by atoms with Crippen LogP contribution in [0.4, 0.5) is 10.1 Å². The lowest BCUT2D eigenvalue weighted by Gasteiger charge is -2.12. The number of benzene rings is 2. The van der Waals surface area contributed by atoms with Crippen molar-refractivity contribution in [2.24, 2.45) is 0 Å². The van der Waals surface area contributed by atoms with Gasteiger partial charge in [0.1, 0.15) is 18.2 Å². The number of aromatic nitrogens is 2. The zero-order valence-corrected chi connectivity index (χ0v) is 15.8. The van der Waals surface area contributed by atoms with Crippen molar-refractivity contribution >= 4 is 23.4 Å². The number of carbonyl (C=O) groups is 1. The monoisotopic (exact) mass is 399 g/mol. The number of amides is 1. The van der Waals surface area contributed by atoms with Crippen LogP contribution in [-0.4, -0.2) is 21.1 Å². The van der Waals surface area contributed by atoms with Crippen molar-refractivity contribution in [3.63, 3.8) is 0 Å². The Bertz CT molecular complexity index is 994. The van der Waals surface area contributed by atoms with Crippen LogP contribution in [0.1, 0.15) is 12.6 Å². The second-order valence-corrected chi connectivity index (χ2v) is 7.23. The number of ether oxygens (including phenoxy) is 1. The highest BCUT2D eigenvalue weighted by atomic mass is 32.2. The van der Waals surface area contributed by atoms with Gasteiger partial charge in [0.15, 0.2) is 5.16 Å². The van der Waals surface area contributed by atoms with E-state index in [2.05, 4.69) is 15.3 Å². The van der Waals surface area contributed by atoms with Gasteiger partial charge in [-0.15, -0.1) is 0 Å². The summed E-state index contributed by atoms with van der Waals surface area (Å²) in [6.07, 6.45) is 0. The van der Waals surface area contributed by atoms with Gasteiger partial charge in [-0.1, -0.05) is 30.0 Å². The fraction of sp³-hybridized carbons (Fsp3) is 0.150. The van der Waals surface area contributed by atoms with E-state index in [4.69, 9.17) is 4.74 Å². The number of H-pyrrole nitrogens is 1. The first kappa shape index (κ1) is 19.6. The van der Waals surface area contributed by atoms with Gasteiger partial charge in [0.25, 0.3) is 5.56 Å². The fourth-order valence-electron chi connectivity index (χ4n) is 2.29. The van der Waals surface area contributed by atoms with Crippen LogP contribution in [0.5, 0.6) is 5.75 Å². The maximum atomic E-state index is 12.9. The number of hydrogen-bond acceptors (Lipinski definition) is 5. The van der Waals surface area contributed by atoms with Crippen molar-refractivity contribution < 1.29 is 13.9 Å². The van der Waals surface area contributed by atoms with Gasteiger partial charge in [0, 0.05) is 11.8 Å². The first-order valence-electron chi connectivity index (χ1n) is 8.51. The van der Waals surface area contributed by atoms with Gasteiger partial charge in [-0.05, 0) is 43.3 Å². The molecule has 0 saturated carbocycles. The Hall–Kier alpha value is -3.13. The van der Waals surface area contributed by atoms with Gasteiger partial charge in [-0.25, -0.2) is 9.37 Å². The smallest absolute Gasteiger partial charge is 0.251 e. The summed E-state index contributed by atoms with van der Waals surface area (Å²) in [4.78, 5) is 31.2. The van der Waals surface area contributed by atoms with Crippen molar-refractivity contribution in [1.82, 2.24) is 9.97 Å². The molecule has 1 aromatic heterocycles. The predicted octanol–water partition coefficient (Wildman–Crippen LogP) is 3.61. The largest absolute Gasteiger partial charge is 0.487 e. The zero-order chi connectivity index (χ0) is 19.9. The third kappa shape index (κ3) is 5.68. The highest BCUT2D eigenvalue weighted by molar-refractivity contribution is 8.00. The van der Waals surface area contributed by atoms with Crippen molar-refractivity contribution in [2.45, 2.75) is 23.9 Å². The van der Waals surface area contributed by atoms with E-state index in [0.29, 0.717) is 22.3 Å². The van der Waals surface area contributed by atoms with Crippen LogP contribution in [0.25, 0.3) is 0 Å². The number of anilines is 1. The first-order valence-corrected chi connectivity index (χ1v) is 9.39. The van der Waals surface area contributed by atoms with Crippen LogP contribution >= 0.6 is 11.8 Å². The maximum absolute atomic E-state index is 12.9. The molecule has 8 heteroatoms. The molecule has 2 aromatic carbocycles. The van der Waals surface area contributed by atoms with Crippen molar-refractivity contribution in [3.05, 3.63) is 82.5 Å². The van der Waals surface area contributed by atoms with E-state index in [1.54, 1.807) is 6.92 Å². The summed E-state index contributed by atoms with van der Waals surface area (Å²) in [7, 11) is 0. The summed E-state index contributed by atoms with van der Waals surface area (Å²) in [5.74, 6) is 0.00718. The van der Waals surface area contributed by atoms with Crippen LogP contribution in [0.3, 0.4) is 0 Å². The molecular formula is C20H18FN3O3S. The molecule has 0 bridgehead atoms. The number of para-hydroxylation sites is 1. The fourth-order valence-corrected chi connectivity index (χ4v) is 3.12. The molecule has 1 heterocycles. The molecular weight excluding hydrogens is 381 g/mol. The number of carbonyl (C=O) groups excluding carboxylic acids is 1. The Morgan fingerprint density at radius 1 is 1.21 bits per heavy atom. The lowest BCUT2D eigenvalue weighted by atomic mass is 10.3. The van der Waals surface area contributed by atoms with Gasteiger partial charge in [0.05, 0.1) is 10.9 Å². The summed E-state index contributed by atoms with van der Waals surface area (Å²) < 4.78 is 18.6. The Balaban J connectivity index is 1.62. The topological polar surface area (TPSA) is 84.1 Å². The molecule has 0 aliphatic heterocycles. The van der Waals surface area contributed by atoms with E-state index in [0.717, 1.165) is 11.8 Å². The highest BCUT2D eigenvalue weighted by Crippen LogP contribution is 2.20. The number of halogens is 1. The normalized spacial score (nSPS) is 11.6. The van der Waals surface area contributed by atoms with Crippen LogP contribution in [-0.2, 0) is 11.4 Å². The molecule has 0 aliphatic carbocycles. The molecule has 6 nitrogen and oxygen atoms in total. The molecule has 28 heavy (non-hydrogen) atoms. The van der Waals surface area contributed by atoms with Crippen LogP contribution in [0.15, 0.2) is 70.6 Å². The number of aromatic amines is 1. The highest BCUT2D eigenvalue weighted by Gasteiger charge is 2.16. The van der Waals surface area contributed by atoms with E-state index in [-0.39, 0.29) is 23.9 Å². The van der Waals surface area contributed by atoms with E-state index < -0.39 is 5.25 Å². The number of hydrogen-bond donors (Lipinski definition) is 2. The van der Waals surface area contributed by atoms with E-state index in [9.17, 15) is 14.0 Å². The summed E-state index contributed by atoms with van der Waals surface area (Å²) >= 11 is 1.12. The lowest BCUT2D eigenvalue weighted by molar-refractivity contribution is -0.115. The second-order valence-electron chi connectivity index (χ2n) is 5.90. The third-order valence-electron chi connectivity index (χ3n) is 3.67. The standard InChI is InChI=1S/C20H18FN3O3S/c1-13(19(26)22-15-9-7-14(21)8-10-15)28-20-23-16(11-18(25)24-20)12-27-17-5-3-2-4-6-17/h2-11,13H,12H2,1H3,(H,22,26)(H,23,24,25). The number of rotatable bonds is 7. The van der Waals surface area contributed by atoms with E-state index in [1.807, 2.05) is 30.3 Å². The van der Waals surface area contributed by atoms with Gasteiger partial charge in [-0.2, -0.15) is 0 Å². The molecule has 144 valence electrons. The Kier molecular flexibility index (Phi) is 6.44. The minimum atomic E-state index is -0.529. The van der Waals surface area contributed by atoms with Crippen LogP contribution in [0.2, 0.25) is 0 Å². The predicted molar refractivity (Wildman–Crippen MR) is 106 cm³/mol.